The highest BCUT2D eigenvalue weighted by Crippen LogP contribution is 2.19. The first-order chi connectivity index (χ1) is 13.5. The zero-order valence-electron chi connectivity index (χ0n) is 15.5. The Labute approximate surface area is 160 Å². The molecule has 4 aromatic rings. The first-order valence-electron chi connectivity index (χ1n) is 8.91. The molecule has 4 rings (SSSR count). The zero-order valence-corrected chi connectivity index (χ0v) is 15.5. The Morgan fingerprint density at radius 1 is 1.18 bits per heavy atom. The molecular weight excluding hydrogens is 359 g/mol. The van der Waals surface area contributed by atoms with Crippen LogP contribution in [0.3, 0.4) is 0 Å². The average Bonchev–Trinajstić information content (AvgIpc) is 3.11. The molecule has 0 atom stereocenters. The van der Waals surface area contributed by atoms with Crippen LogP contribution in [0.25, 0.3) is 22.3 Å². The molecule has 1 aromatic carbocycles. The van der Waals surface area contributed by atoms with Gasteiger partial charge in [-0.05, 0) is 43.5 Å². The topological polar surface area (TPSA) is 88.5 Å². The van der Waals surface area contributed by atoms with E-state index >= 15 is 0 Å². The van der Waals surface area contributed by atoms with Crippen LogP contribution < -0.4 is 10.9 Å². The molecule has 28 heavy (non-hydrogen) atoms. The summed E-state index contributed by atoms with van der Waals surface area (Å²) in [5.41, 5.74) is 1.52. The Morgan fingerprint density at radius 2 is 1.96 bits per heavy atom. The van der Waals surface area contributed by atoms with Crippen molar-refractivity contribution in [3.05, 3.63) is 70.8 Å². The van der Waals surface area contributed by atoms with Crippen LogP contribution in [0, 0.1) is 5.82 Å². The lowest BCUT2D eigenvalue weighted by Gasteiger charge is -2.10. The number of aromatic amines is 1. The molecule has 0 aliphatic carbocycles. The van der Waals surface area contributed by atoms with Gasteiger partial charge in [0.15, 0.2) is 0 Å². The van der Waals surface area contributed by atoms with E-state index in [-0.39, 0.29) is 17.4 Å². The van der Waals surface area contributed by atoms with Gasteiger partial charge in [-0.25, -0.2) is 19.3 Å². The average molecular weight is 378 g/mol. The number of imidazole rings is 1. The minimum atomic E-state index is -0.386. The number of H-pyrrole nitrogens is 1. The first kappa shape index (κ1) is 17.8. The molecule has 3 aromatic heterocycles. The summed E-state index contributed by atoms with van der Waals surface area (Å²) in [5.74, 6) is 0.827. The van der Waals surface area contributed by atoms with Crippen LogP contribution in [0.1, 0.15) is 19.4 Å². The smallest absolute Gasteiger partial charge is 0.253 e. The molecule has 0 aliphatic rings. The second kappa shape index (κ2) is 7.22. The number of nitrogens with zero attached hydrogens (tertiary/aromatic N) is 4. The molecule has 2 N–H and O–H groups in total. The first-order valence-corrected chi connectivity index (χ1v) is 8.91. The van der Waals surface area contributed by atoms with Gasteiger partial charge in [-0.15, -0.1) is 0 Å². The van der Waals surface area contributed by atoms with Crippen LogP contribution in [0.2, 0.25) is 0 Å². The van der Waals surface area contributed by atoms with Gasteiger partial charge in [0.2, 0.25) is 5.95 Å². The summed E-state index contributed by atoms with van der Waals surface area (Å²) in [6, 6.07) is 6.34. The van der Waals surface area contributed by atoms with Gasteiger partial charge in [-0.1, -0.05) is 0 Å². The second-order valence-electron chi connectivity index (χ2n) is 6.83. The quantitative estimate of drug-likeness (QED) is 0.557. The van der Waals surface area contributed by atoms with E-state index in [1.165, 1.54) is 12.1 Å². The molecule has 0 bridgehead atoms. The van der Waals surface area contributed by atoms with Gasteiger partial charge < -0.3 is 14.9 Å². The van der Waals surface area contributed by atoms with Crippen molar-refractivity contribution in [1.82, 2.24) is 24.5 Å². The molecule has 0 fully saturated rings. The van der Waals surface area contributed by atoms with Crippen molar-refractivity contribution in [2.24, 2.45) is 0 Å². The van der Waals surface area contributed by atoms with E-state index in [2.05, 4.69) is 25.3 Å². The Balaban J connectivity index is 1.65. The van der Waals surface area contributed by atoms with Crippen molar-refractivity contribution in [3.8, 4) is 11.4 Å². The monoisotopic (exact) mass is 378 g/mol. The van der Waals surface area contributed by atoms with Crippen molar-refractivity contribution in [3.63, 3.8) is 0 Å². The van der Waals surface area contributed by atoms with Crippen LogP contribution in [-0.2, 0) is 6.54 Å². The highest BCUT2D eigenvalue weighted by Gasteiger charge is 2.11. The number of rotatable bonds is 5. The lowest BCUT2D eigenvalue weighted by atomic mass is 10.1. The molecule has 0 saturated carbocycles. The number of anilines is 1. The van der Waals surface area contributed by atoms with E-state index in [0.29, 0.717) is 29.4 Å². The fourth-order valence-corrected chi connectivity index (χ4v) is 2.99. The molecule has 0 unspecified atom stereocenters. The molecule has 3 heterocycles. The van der Waals surface area contributed by atoms with Gasteiger partial charge in [0.25, 0.3) is 5.56 Å². The molecule has 0 saturated heterocycles. The number of nitrogens with one attached hydrogen (secondary N) is 2. The Bertz CT molecular complexity index is 1180. The third kappa shape index (κ3) is 3.62. The zero-order chi connectivity index (χ0) is 19.7. The maximum absolute atomic E-state index is 13.4. The number of hydrogen-bond acceptors (Lipinski definition) is 5. The number of benzene rings is 1. The Hall–Kier alpha value is -3.55. The number of aromatic nitrogens is 5. The SMILES string of the molecule is CC(C)Nc1ncc(-c2nccn2Cc2cc3ccc(F)cc3[nH]c2=O)cn1. The largest absolute Gasteiger partial charge is 0.352 e. The lowest BCUT2D eigenvalue weighted by Crippen LogP contribution is -2.16. The van der Waals surface area contributed by atoms with Gasteiger partial charge in [0.05, 0.1) is 17.6 Å². The van der Waals surface area contributed by atoms with Gasteiger partial charge in [-0.3, -0.25) is 4.79 Å². The molecule has 0 aliphatic heterocycles. The van der Waals surface area contributed by atoms with E-state index < -0.39 is 0 Å². The van der Waals surface area contributed by atoms with Crippen molar-refractivity contribution in [1.29, 1.82) is 0 Å². The third-order valence-electron chi connectivity index (χ3n) is 4.27. The van der Waals surface area contributed by atoms with Gasteiger partial charge in [0.1, 0.15) is 11.6 Å². The summed E-state index contributed by atoms with van der Waals surface area (Å²) in [6.45, 7) is 4.35. The van der Waals surface area contributed by atoms with E-state index in [4.69, 9.17) is 0 Å². The highest BCUT2D eigenvalue weighted by atomic mass is 19.1. The Kier molecular flexibility index (Phi) is 4.60. The van der Waals surface area contributed by atoms with Crippen molar-refractivity contribution >= 4 is 16.9 Å². The predicted octanol–water partition coefficient (Wildman–Crippen LogP) is 3.19. The molecule has 8 heteroatoms. The summed E-state index contributed by atoms with van der Waals surface area (Å²) in [5, 5.41) is 3.91. The maximum atomic E-state index is 13.4. The maximum Gasteiger partial charge on any atom is 0.253 e. The van der Waals surface area contributed by atoms with Crippen molar-refractivity contribution < 1.29 is 4.39 Å². The minimum absolute atomic E-state index is 0.237. The fourth-order valence-electron chi connectivity index (χ4n) is 2.99. The van der Waals surface area contributed by atoms with E-state index in [1.54, 1.807) is 36.9 Å². The number of fused-ring (bicyclic) bond motifs is 1. The van der Waals surface area contributed by atoms with Crippen LogP contribution >= 0.6 is 0 Å². The normalized spacial score (nSPS) is 11.3. The van der Waals surface area contributed by atoms with Crippen LogP contribution in [0.15, 0.2) is 53.8 Å². The van der Waals surface area contributed by atoms with Crippen LogP contribution in [-0.4, -0.2) is 30.5 Å². The summed E-state index contributed by atoms with van der Waals surface area (Å²) in [4.78, 5) is 28.2. The minimum Gasteiger partial charge on any atom is -0.352 e. The number of pyridine rings is 1. The Morgan fingerprint density at radius 3 is 2.71 bits per heavy atom. The molecule has 0 radical (unpaired) electrons. The van der Waals surface area contributed by atoms with Gasteiger partial charge >= 0.3 is 0 Å². The summed E-state index contributed by atoms with van der Waals surface area (Å²) in [6.07, 6.45) is 6.86. The third-order valence-corrected chi connectivity index (χ3v) is 4.27. The lowest BCUT2D eigenvalue weighted by molar-refractivity contribution is 0.629. The van der Waals surface area contributed by atoms with Crippen molar-refractivity contribution in [2.45, 2.75) is 26.4 Å². The van der Waals surface area contributed by atoms with Crippen LogP contribution in [0.4, 0.5) is 10.3 Å². The summed E-state index contributed by atoms with van der Waals surface area (Å²) < 4.78 is 15.2. The fraction of sp³-hybridized carbons (Fsp3) is 0.200. The molecular formula is C20H19FN6O. The van der Waals surface area contributed by atoms with Gasteiger partial charge in [0, 0.05) is 36.4 Å². The summed E-state index contributed by atoms with van der Waals surface area (Å²) in [7, 11) is 0. The molecule has 0 amide bonds. The van der Waals surface area contributed by atoms with E-state index in [0.717, 1.165) is 10.9 Å². The number of hydrogen-bond donors (Lipinski definition) is 2. The van der Waals surface area contributed by atoms with Crippen LogP contribution in [0.5, 0.6) is 0 Å². The standard InChI is InChI=1S/C20H19FN6O/c1-12(2)25-20-23-9-15(10-24-20)18-22-5-6-27(18)11-14-7-13-3-4-16(21)8-17(13)26-19(14)28/h3-10,12H,11H2,1-2H3,(H,26,28)(H,23,24,25). The molecule has 0 spiro atoms. The number of halogens is 1. The van der Waals surface area contributed by atoms with Gasteiger partial charge in [-0.2, -0.15) is 0 Å². The van der Waals surface area contributed by atoms with E-state index in [9.17, 15) is 9.18 Å². The van der Waals surface area contributed by atoms with E-state index in [1.807, 2.05) is 18.4 Å². The second-order valence-corrected chi connectivity index (χ2v) is 6.83. The molecule has 142 valence electrons. The predicted molar refractivity (Wildman–Crippen MR) is 106 cm³/mol. The molecule has 7 nitrogen and oxygen atoms in total. The van der Waals surface area contributed by atoms with Crippen molar-refractivity contribution in [2.75, 3.05) is 5.32 Å². The summed E-state index contributed by atoms with van der Waals surface area (Å²) >= 11 is 0. The highest BCUT2D eigenvalue weighted by molar-refractivity contribution is 5.78.